The van der Waals surface area contributed by atoms with E-state index < -0.39 is 0 Å². The number of hydrogen-bond acceptors (Lipinski definition) is 3. The number of amides is 1. The van der Waals surface area contributed by atoms with Crippen molar-refractivity contribution in [3.05, 3.63) is 64.9 Å². The van der Waals surface area contributed by atoms with Gasteiger partial charge in [0.1, 0.15) is 5.82 Å². The van der Waals surface area contributed by atoms with Crippen molar-refractivity contribution >= 4 is 29.2 Å². The number of halogens is 2. The maximum absolute atomic E-state index is 13.0. The zero-order chi connectivity index (χ0) is 19.9. The molecule has 1 aliphatic heterocycles. The summed E-state index contributed by atoms with van der Waals surface area (Å²) in [7, 11) is 0. The molecule has 8 heteroatoms. The third-order valence-electron chi connectivity index (χ3n) is 4.57. The standard InChI is InChI=1S/C20H23ClFN5O/c21-16-3-1-15(2-4-16)19(28)24-9-10-25-20(23)27-13-11-26(12-14-27)18-7-5-17(22)6-8-18/h1-8H,9-14H2,(H2,23,25)(H,24,28). The van der Waals surface area contributed by atoms with E-state index in [1.165, 1.54) is 12.1 Å². The number of piperazine rings is 1. The molecule has 28 heavy (non-hydrogen) atoms. The van der Waals surface area contributed by atoms with Gasteiger partial charge in [-0.3, -0.25) is 9.79 Å². The van der Waals surface area contributed by atoms with Gasteiger partial charge in [0.05, 0.1) is 6.54 Å². The molecule has 0 aromatic heterocycles. The number of carbonyl (C=O) groups excluding carboxylic acids is 1. The maximum atomic E-state index is 13.0. The van der Waals surface area contributed by atoms with Crippen LogP contribution >= 0.6 is 11.6 Å². The van der Waals surface area contributed by atoms with E-state index in [1.807, 2.05) is 4.90 Å². The van der Waals surface area contributed by atoms with Crippen LogP contribution in [0.2, 0.25) is 5.02 Å². The summed E-state index contributed by atoms with van der Waals surface area (Å²) in [5, 5.41) is 3.40. The monoisotopic (exact) mass is 403 g/mol. The van der Waals surface area contributed by atoms with Crippen molar-refractivity contribution in [3.63, 3.8) is 0 Å². The lowest BCUT2D eigenvalue weighted by Gasteiger charge is -2.36. The van der Waals surface area contributed by atoms with Gasteiger partial charge in [0, 0.05) is 49.0 Å². The highest BCUT2D eigenvalue weighted by Gasteiger charge is 2.18. The molecule has 6 nitrogen and oxygen atoms in total. The number of aliphatic imine (C=N–C) groups is 1. The molecular weight excluding hydrogens is 381 g/mol. The number of hydrogen-bond donors (Lipinski definition) is 2. The normalized spacial score (nSPS) is 14.9. The van der Waals surface area contributed by atoms with Crippen molar-refractivity contribution in [2.45, 2.75) is 0 Å². The molecule has 1 heterocycles. The molecule has 1 fully saturated rings. The van der Waals surface area contributed by atoms with Gasteiger partial charge < -0.3 is 20.9 Å². The number of nitrogens with two attached hydrogens (primary N) is 1. The predicted molar refractivity (Wildman–Crippen MR) is 110 cm³/mol. The van der Waals surface area contributed by atoms with Crippen molar-refractivity contribution in [1.82, 2.24) is 10.2 Å². The van der Waals surface area contributed by atoms with Crippen LogP contribution in [0.3, 0.4) is 0 Å². The molecule has 3 rings (SSSR count). The van der Waals surface area contributed by atoms with E-state index in [-0.39, 0.29) is 11.7 Å². The average molecular weight is 404 g/mol. The smallest absolute Gasteiger partial charge is 0.251 e. The molecule has 0 saturated carbocycles. The number of nitrogens with one attached hydrogen (secondary N) is 1. The van der Waals surface area contributed by atoms with Crippen molar-refractivity contribution in [2.75, 3.05) is 44.2 Å². The maximum Gasteiger partial charge on any atom is 0.251 e. The molecule has 1 saturated heterocycles. The third kappa shape index (κ3) is 5.36. The molecule has 0 bridgehead atoms. The first-order valence-electron chi connectivity index (χ1n) is 9.12. The van der Waals surface area contributed by atoms with Crippen LogP contribution in [0.1, 0.15) is 10.4 Å². The second kappa shape index (κ2) is 9.41. The number of rotatable bonds is 5. The first kappa shape index (κ1) is 19.9. The summed E-state index contributed by atoms with van der Waals surface area (Å²) in [5.41, 5.74) is 7.63. The summed E-state index contributed by atoms with van der Waals surface area (Å²) in [6, 6.07) is 13.2. The first-order chi connectivity index (χ1) is 13.5. The minimum absolute atomic E-state index is 0.168. The van der Waals surface area contributed by atoms with E-state index in [0.29, 0.717) is 29.6 Å². The molecule has 0 spiro atoms. The van der Waals surface area contributed by atoms with Crippen LogP contribution in [0, 0.1) is 5.82 Å². The zero-order valence-electron chi connectivity index (χ0n) is 15.4. The van der Waals surface area contributed by atoms with Crippen molar-refractivity contribution in [2.24, 2.45) is 10.7 Å². The lowest BCUT2D eigenvalue weighted by Crippen LogP contribution is -2.51. The molecule has 1 amide bonds. The van der Waals surface area contributed by atoms with Crippen LogP contribution < -0.4 is 16.0 Å². The zero-order valence-corrected chi connectivity index (χ0v) is 16.2. The van der Waals surface area contributed by atoms with Crippen molar-refractivity contribution in [3.8, 4) is 0 Å². The second-order valence-corrected chi connectivity index (χ2v) is 6.89. The lowest BCUT2D eigenvalue weighted by molar-refractivity contribution is 0.0955. The van der Waals surface area contributed by atoms with Gasteiger partial charge >= 0.3 is 0 Å². The first-order valence-corrected chi connectivity index (χ1v) is 9.50. The fourth-order valence-corrected chi connectivity index (χ4v) is 3.11. The Kier molecular flexibility index (Phi) is 6.71. The van der Waals surface area contributed by atoms with Gasteiger partial charge in [0.25, 0.3) is 5.91 Å². The Morgan fingerprint density at radius 2 is 1.71 bits per heavy atom. The number of anilines is 1. The quantitative estimate of drug-likeness (QED) is 0.456. The Morgan fingerprint density at radius 3 is 2.36 bits per heavy atom. The highest BCUT2D eigenvalue weighted by atomic mass is 35.5. The molecule has 0 radical (unpaired) electrons. The lowest BCUT2D eigenvalue weighted by atomic mass is 10.2. The van der Waals surface area contributed by atoms with E-state index in [0.717, 1.165) is 31.9 Å². The molecule has 0 atom stereocenters. The van der Waals surface area contributed by atoms with Gasteiger partial charge in [-0.15, -0.1) is 0 Å². The van der Waals surface area contributed by atoms with E-state index in [4.69, 9.17) is 17.3 Å². The molecule has 148 valence electrons. The van der Waals surface area contributed by atoms with Crippen LogP contribution in [0.15, 0.2) is 53.5 Å². The topological polar surface area (TPSA) is 74.0 Å². The number of nitrogens with zero attached hydrogens (tertiary/aromatic N) is 3. The van der Waals surface area contributed by atoms with Crippen LogP contribution in [-0.2, 0) is 0 Å². The van der Waals surface area contributed by atoms with Gasteiger partial charge in [0.2, 0.25) is 0 Å². The van der Waals surface area contributed by atoms with E-state index >= 15 is 0 Å². The fourth-order valence-electron chi connectivity index (χ4n) is 2.99. The third-order valence-corrected chi connectivity index (χ3v) is 4.82. The number of guanidine groups is 1. The molecule has 2 aromatic carbocycles. The molecular formula is C20H23ClFN5O. The Bertz CT molecular complexity index is 817. The molecule has 3 N–H and O–H groups in total. The van der Waals surface area contributed by atoms with Gasteiger partial charge in [-0.05, 0) is 48.5 Å². The SMILES string of the molecule is NC(=NCCNC(=O)c1ccc(Cl)cc1)N1CCN(c2ccc(F)cc2)CC1. The minimum Gasteiger partial charge on any atom is -0.370 e. The predicted octanol–water partition coefficient (Wildman–Crippen LogP) is 2.35. The summed E-state index contributed by atoms with van der Waals surface area (Å²) in [6.07, 6.45) is 0. The van der Waals surface area contributed by atoms with Gasteiger partial charge in [-0.25, -0.2) is 4.39 Å². The summed E-state index contributed by atoms with van der Waals surface area (Å²) >= 11 is 5.82. The molecule has 0 unspecified atom stereocenters. The summed E-state index contributed by atoms with van der Waals surface area (Å²) in [6.45, 7) is 3.86. The molecule has 0 aliphatic carbocycles. The van der Waals surface area contributed by atoms with E-state index in [2.05, 4.69) is 15.2 Å². The Labute approximate surface area is 168 Å². The van der Waals surface area contributed by atoms with Crippen LogP contribution in [0.4, 0.5) is 10.1 Å². The second-order valence-electron chi connectivity index (χ2n) is 6.45. The highest BCUT2D eigenvalue weighted by molar-refractivity contribution is 6.30. The van der Waals surface area contributed by atoms with Crippen LogP contribution in [0.25, 0.3) is 0 Å². The van der Waals surface area contributed by atoms with Crippen molar-refractivity contribution < 1.29 is 9.18 Å². The van der Waals surface area contributed by atoms with Gasteiger partial charge in [0.15, 0.2) is 5.96 Å². The van der Waals surface area contributed by atoms with Crippen LogP contribution in [-0.4, -0.2) is 56.0 Å². The van der Waals surface area contributed by atoms with E-state index in [1.54, 1.807) is 36.4 Å². The Morgan fingerprint density at radius 1 is 1.07 bits per heavy atom. The van der Waals surface area contributed by atoms with Gasteiger partial charge in [-0.2, -0.15) is 0 Å². The summed E-state index contributed by atoms with van der Waals surface area (Å²) in [4.78, 5) is 20.6. The van der Waals surface area contributed by atoms with E-state index in [9.17, 15) is 9.18 Å². The minimum atomic E-state index is -0.234. The van der Waals surface area contributed by atoms with Crippen LogP contribution in [0.5, 0.6) is 0 Å². The van der Waals surface area contributed by atoms with Gasteiger partial charge in [-0.1, -0.05) is 11.6 Å². The largest absolute Gasteiger partial charge is 0.370 e. The molecule has 1 aliphatic rings. The summed E-state index contributed by atoms with van der Waals surface area (Å²) < 4.78 is 13.0. The number of carbonyl (C=O) groups is 1. The highest BCUT2D eigenvalue weighted by Crippen LogP contribution is 2.16. The molecule has 2 aromatic rings. The Hall–Kier alpha value is -2.80. The fraction of sp³-hybridized carbons (Fsp3) is 0.300. The Balaban J connectivity index is 1.41. The number of benzene rings is 2. The summed E-state index contributed by atoms with van der Waals surface area (Å²) in [5.74, 6) is 0.0692. The van der Waals surface area contributed by atoms with Crippen molar-refractivity contribution in [1.29, 1.82) is 0 Å². The average Bonchev–Trinajstić information content (AvgIpc) is 2.72.